The van der Waals surface area contributed by atoms with E-state index in [1.807, 2.05) is 19.2 Å². The number of ether oxygens (including phenoxy) is 1. The van der Waals surface area contributed by atoms with Gasteiger partial charge in [-0.05, 0) is 25.0 Å². The van der Waals surface area contributed by atoms with Crippen LogP contribution in [0.25, 0.3) is 0 Å². The molecule has 2 heterocycles. The molecular weight excluding hydrogens is 362 g/mol. The van der Waals surface area contributed by atoms with Crippen LogP contribution in [0.5, 0.6) is 0 Å². The number of rotatable bonds is 7. The summed E-state index contributed by atoms with van der Waals surface area (Å²) in [5.41, 5.74) is 2.37. The molecule has 1 amide bonds. The van der Waals surface area contributed by atoms with Crippen molar-refractivity contribution in [3.8, 4) is 0 Å². The summed E-state index contributed by atoms with van der Waals surface area (Å²) in [5, 5.41) is 9.45. The Bertz CT molecular complexity index is 773. The van der Waals surface area contributed by atoms with E-state index in [0.717, 1.165) is 30.7 Å². The Morgan fingerprint density at radius 2 is 2.00 bits per heavy atom. The molecule has 1 fully saturated rings. The molecule has 0 radical (unpaired) electrons. The fourth-order valence-electron chi connectivity index (χ4n) is 3.03. The minimum Gasteiger partial charge on any atom is -0.378 e. The Labute approximate surface area is 164 Å². The third-order valence-electron chi connectivity index (χ3n) is 4.73. The Morgan fingerprint density at radius 3 is 2.70 bits per heavy atom. The average molecular weight is 390 g/mol. The van der Waals surface area contributed by atoms with Gasteiger partial charge in [0.1, 0.15) is 0 Å². The standard InChI is InChI=1S/C19H27N5O2S/c1-4-24-18(23-9-11-26-12-10-23)20-21-19(24)27-14-17(25)22(3)13-16-8-6-5-7-15(16)2/h5-8H,4,9-14H2,1-3H3. The zero-order valence-corrected chi connectivity index (χ0v) is 17.0. The molecule has 0 saturated carbocycles. The lowest BCUT2D eigenvalue weighted by Gasteiger charge is -2.27. The first-order chi connectivity index (χ1) is 13.1. The van der Waals surface area contributed by atoms with Crippen molar-refractivity contribution in [2.45, 2.75) is 32.1 Å². The minimum absolute atomic E-state index is 0.0850. The summed E-state index contributed by atoms with van der Waals surface area (Å²) >= 11 is 1.45. The summed E-state index contributed by atoms with van der Waals surface area (Å²) in [4.78, 5) is 16.5. The van der Waals surface area contributed by atoms with Gasteiger partial charge in [-0.25, -0.2) is 0 Å². The third kappa shape index (κ3) is 4.81. The molecule has 8 heteroatoms. The molecule has 1 aliphatic heterocycles. The number of nitrogens with zero attached hydrogens (tertiary/aromatic N) is 5. The second-order valence-electron chi connectivity index (χ2n) is 6.59. The number of benzene rings is 1. The van der Waals surface area contributed by atoms with E-state index in [4.69, 9.17) is 4.74 Å². The summed E-state index contributed by atoms with van der Waals surface area (Å²) in [7, 11) is 1.85. The molecule has 0 bridgehead atoms. The van der Waals surface area contributed by atoms with Crippen molar-refractivity contribution in [3.05, 3.63) is 35.4 Å². The van der Waals surface area contributed by atoms with Gasteiger partial charge in [0, 0.05) is 33.2 Å². The largest absolute Gasteiger partial charge is 0.378 e. The van der Waals surface area contributed by atoms with Gasteiger partial charge in [0.25, 0.3) is 0 Å². The second-order valence-corrected chi connectivity index (χ2v) is 7.53. The fraction of sp³-hybridized carbons (Fsp3) is 0.526. The third-order valence-corrected chi connectivity index (χ3v) is 5.68. The van der Waals surface area contributed by atoms with Crippen LogP contribution in [0.1, 0.15) is 18.1 Å². The van der Waals surface area contributed by atoms with Crippen molar-refractivity contribution in [1.29, 1.82) is 0 Å². The predicted molar refractivity (Wildman–Crippen MR) is 107 cm³/mol. The highest BCUT2D eigenvalue weighted by Crippen LogP contribution is 2.23. The molecule has 1 saturated heterocycles. The van der Waals surface area contributed by atoms with Crippen molar-refractivity contribution in [2.75, 3.05) is 44.0 Å². The second kappa shape index (κ2) is 9.23. The molecule has 0 aliphatic carbocycles. The highest BCUT2D eigenvalue weighted by atomic mass is 32.2. The van der Waals surface area contributed by atoms with E-state index in [-0.39, 0.29) is 5.91 Å². The summed E-state index contributed by atoms with van der Waals surface area (Å²) < 4.78 is 7.48. The molecular formula is C19H27N5O2S. The molecule has 7 nitrogen and oxygen atoms in total. The summed E-state index contributed by atoms with van der Waals surface area (Å²) in [6.07, 6.45) is 0. The van der Waals surface area contributed by atoms with Crippen LogP contribution in [0, 0.1) is 6.92 Å². The van der Waals surface area contributed by atoms with Gasteiger partial charge in [-0.1, -0.05) is 36.0 Å². The zero-order chi connectivity index (χ0) is 19.2. The van der Waals surface area contributed by atoms with Crippen molar-refractivity contribution in [1.82, 2.24) is 19.7 Å². The molecule has 3 rings (SSSR count). The maximum absolute atomic E-state index is 12.6. The van der Waals surface area contributed by atoms with Gasteiger partial charge in [-0.3, -0.25) is 9.36 Å². The van der Waals surface area contributed by atoms with Crippen LogP contribution < -0.4 is 4.90 Å². The number of anilines is 1. The van der Waals surface area contributed by atoms with Crippen molar-refractivity contribution in [3.63, 3.8) is 0 Å². The van der Waals surface area contributed by atoms with Crippen LogP contribution in [-0.2, 0) is 22.6 Å². The molecule has 0 spiro atoms. The van der Waals surface area contributed by atoms with Gasteiger partial charge in [-0.2, -0.15) is 0 Å². The number of amides is 1. The van der Waals surface area contributed by atoms with E-state index >= 15 is 0 Å². The number of carbonyl (C=O) groups excluding carboxylic acids is 1. The van der Waals surface area contributed by atoms with E-state index in [9.17, 15) is 4.79 Å². The highest BCUT2D eigenvalue weighted by molar-refractivity contribution is 7.99. The predicted octanol–water partition coefficient (Wildman–Crippen LogP) is 2.19. The molecule has 1 aliphatic rings. The number of hydrogen-bond donors (Lipinski definition) is 0. The van der Waals surface area contributed by atoms with Crippen LogP contribution in [0.15, 0.2) is 29.4 Å². The van der Waals surface area contributed by atoms with Gasteiger partial charge in [0.05, 0.1) is 19.0 Å². The summed E-state index contributed by atoms with van der Waals surface area (Å²) in [5.74, 6) is 1.30. The average Bonchev–Trinajstić information content (AvgIpc) is 3.11. The Morgan fingerprint density at radius 1 is 1.26 bits per heavy atom. The number of carbonyl (C=O) groups is 1. The number of thioether (sulfide) groups is 1. The minimum atomic E-state index is 0.0850. The Kier molecular flexibility index (Phi) is 6.73. The van der Waals surface area contributed by atoms with Gasteiger partial charge >= 0.3 is 0 Å². The first-order valence-corrected chi connectivity index (χ1v) is 10.3. The van der Waals surface area contributed by atoms with Crippen LogP contribution in [-0.4, -0.2) is 64.7 Å². The molecule has 146 valence electrons. The van der Waals surface area contributed by atoms with Gasteiger partial charge in [0.2, 0.25) is 11.9 Å². The Hall–Kier alpha value is -2.06. The maximum atomic E-state index is 12.6. The van der Waals surface area contributed by atoms with Crippen LogP contribution in [0.3, 0.4) is 0 Å². The monoisotopic (exact) mass is 389 g/mol. The van der Waals surface area contributed by atoms with Gasteiger partial charge in [0.15, 0.2) is 5.16 Å². The molecule has 0 N–H and O–H groups in total. The fourth-order valence-corrected chi connectivity index (χ4v) is 3.97. The van der Waals surface area contributed by atoms with E-state index in [2.05, 4.69) is 45.6 Å². The van der Waals surface area contributed by atoms with E-state index in [1.165, 1.54) is 22.9 Å². The SMILES string of the molecule is CCn1c(SCC(=O)N(C)Cc2ccccc2C)nnc1N1CCOCC1. The number of morpholine rings is 1. The summed E-state index contributed by atoms with van der Waals surface area (Å²) in [6.45, 7) is 8.59. The molecule has 1 aromatic heterocycles. The normalized spacial score (nSPS) is 14.4. The van der Waals surface area contributed by atoms with Crippen LogP contribution in [0.2, 0.25) is 0 Å². The molecule has 1 aromatic carbocycles. The smallest absolute Gasteiger partial charge is 0.233 e. The zero-order valence-electron chi connectivity index (χ0n) is 16.2. The molecule has 27 heavy (non-hydrogen) atoms. The van der Waals surface area contributed by atoms with Crippen LogP contribution in [0.4, 0.5) is 5.95 Å². The highest BCUT2D eigenvalue weighted by Gasteiger charge is 2.21. The molecule has 0 unspecified atom stereocenters. The van der Waals surface area contributed by atoms with E-state index in [0.29, 0.717) is 25.5 Å². The lowest BCUT2D eigenvalue weighted by atomic mass is 10.1. The van der Waals surface area contributed by atoms with Gasteiger partial charge < -0.3 is 14.5 Å². The molecule has 0 atom stereocenters. The number of aryl methyl sites for hydroxylation is 1. The number of aromatic nitrogens is 3. The topological polar surface area (TPSA) is 63.5 Å². The number of hydrogen-bond acceptors (Lipinski definition) is 6. The first-order valence-electron chi connectivity index (χ1n) is 9.27. The summed E-state index contributed by atoms with van der Waals surface area (Å²) in [6, 6.07) is 8.15. The van der Waals surface area contributed by atoms with Crippen molar-refractivity contribution in [2.24, 2.45) is 0 Å². The van der Waals surface area contributed by atoms with E-state index in [1.54, 1.807) is 4.90 Å². The lowest BCUT2D eigenvalue weighted by molar-refractivity contribution is -0.127. The first kappa shape index (κ1) is 19.7. The van der Waals surface area contributed by atoms with Crippen LogP contribution >= 0.6 is 11.8 Å². The quantitative estimate of drug-likeness (QED) is 0.677. The maximum Gasteiger partial charge on any atom is 0.233 e. The van der Waals surface area contributed by atoms with Crippen molar-refractivity contribution >= 4 is 23.6 Å². The van der Waals surface area contributed by atoms with Crippen molar-refractivity contribution < 1.29 is 9.53 Å². The van der Waals surface area contributed by atoms with Gasteiger partial charge in [-0.15, -0.1) is 10.2 Å². The molecule has 2 aromatic rings. The Balaban J connectivity index is 1.60. The lowest BCUT2D eigenvalue weighted by Crippen LogP contribution is -2.38. The van der Waals surface area contributed by atoms with E-state index < -0.39 is 0 Å².